The van der Waals surface area contributed by atoms with E-state index in [9.17, 15) is 13.2 Å². The first-order chi connectivity index (χ1) is 3.50. The van der Waals surface area contributed by atoms with Crippen LogP contribution in [0.1, 0.15) is 6.92 Å². The summed E-state index contributed by atoms with van der Waals surface area (Å²) in [6.07, 6.45) is -2.36. The molecule has 1 unspecified atom stereocenters. The molecular weight excluding hydrogens is 121 g/mol. The van der Waals surface area contributed by atoms with Gasteiger partial charge in [0.2, 0.25) is 0 Å². The molecule has 0 bridgehead atoms. The molecule has 0 aromatic heterocycles. The van der Waals surface area contributed by atoms with Gasteiger partial charge in [0.1, 0.15) is 0 Å². The second-order valence-corrected chi connectivity index (χ2v) is 1.38. The zero-order valence-corrected chi connectivity index (χ0v) is 4.54. The summed E-state index contributed by atoms with van der Waals surface area (Å²) in [5.41, 5.74) is 0. The molecule has 0 saturated heterocycles. The van der Waals surface area contributed by atoms with Crippen LogP contribution in [0.15, 0.2) is 0 Å². The van der Waals surface area contributed by atoms with E-state index in [1.807, 2.05) is 0 Å². The van der Waals surface area contributed by atoms with Crippen molar-refractivity contribution in [3.63, 3.8) is 0 Å². The molecule has 1 atom stereocenters. The minimum atomic E-state index is -2.88. The lowest BCUT2D eigenvalue weighted by Gasteiger charge is -2.13. The molecule has 0 fully saturated rings. The van der Waals surface area contributed by atoms with Crippen molar-refractivity contribution >= 4 is 0 Å². The summed E-state index contributed by atoms with van der Waals surface area (Å²) >= 11 is 0. The van der Waals surface area contributed by atoms with Gasteiger partial charge >= 0.3 is 6.43 Å². The van der Waals surface area contributed by atoms with Crippen LogP contribution in [0, 0.1) is 6.43 Å². The third-order valence-electron chi connectivity index (χ3n) is 0.721. The molecule has 0 N–H and O–H groups in total. The van der Waals surface area contributed by atoms with Crippen molar-refractivity contribution in [1.29, 1.82) is 0 Å². The lowest BCUT2D eigenvalue weighted by molar-refractivity contribution is -0.141. The summed E-state index contributed by atoms with van der Waals surface area (Å²) in [7, 11) is 0.874. The molecule has 0 aromatic carbocycles. The van der Waals surface area contributed by atoms with Crippen LogP contribution < -0.4 is 0 Å². The first-order valence-electron chi connectivity index (χ1n) is 1.93. The highest BCUT2D eigenvalue weighted by atomic mass is 19.3. The maximum atomic E-state index is 11.9. The van der Waals surface area contributed by atoms with Gasteiger partial charge < -0.3 is 4.74 Å². The van der Waals surface area contributed by atoms with Crippen molar-refractivity contribution in [1.82, 2.24) is 0 Å². The van der Waals surface area contributed by atoms with Crippen LogP contribution in [0.2, 0.25) is 0 Å². The van der Waals surface area contributed by atoms with E-state index in [0.29, 0.717) is 6.92 Å². The number of ether oxygens (including phenoxy) is 1. The monoisotopic (exact) mass is 127 g/mol. The molecule has 0 aromatic rings. The number of hydrogen-bond donors (Lipinski definition) is 0. The van der Waals surface area contributed by atoms with Gasteiger partial charge in [-0.2, -0.15) is 8.78 Å². The summed E-state index contributed by atoms with van der Waals surface area (Å²) in [6, 6.07) is 0. The quantitative estimate of drug-likeness (QED) is 0.549. The Kier molecular flexibility index (Phi) is 2.27. The first kappa shape index (κ1) is 7.75. The Balaban J connectivity index is 3.71. The molecule has 0 rings (SSSR count). The van der Waals surface area contributed by atoms with Crippen molar-refractivity contribution < 1.29 is 17.9 Å². The zero-order valence-electron chi connectivity index (χ0n) is 4.54. The zero-order chi connectivity index (χ0) is 6.78. The van der Waals surface area contributed by atoms with E-state index in [1.54, 1.807) is 0 Å². The van der Waals surface area contributed by atoms with Crippen molar-refractivity contribution in [2.75, 3.05) is 7.11 Å². The Hall–Kier alpha value is -0.250. The summed E-state index contributed by atoms with van der Waals surface area (Å²) in [6.45, 7) is 0.641. The van der Waals surface area contributed by atoms with E-state index >= 15 is 0 Å². The van der Waals surface area contributed by atoms with Gasteiger partial charge in [0.25, 0.3) is 5.85 Å². The van der Waals surface area contributed by atoms with Crippen molar-refractivity contribution in [3.05, 3.63) is 6.43 Å². The van der Waals surface area contributed by atoms with Crippen molar-refractivity contribution in [2.45, 2.75) is 12.8 Å². The Labute approximate surface area is 45.4 Å². The molecule has 0 spiro atoms. The number of alkyl halides is 1. The van der Waals surface area contributed by atoms with Crippen molar-refractivity contribution in [3.8, 4) is 0 Å². The summed E-state index contributed by atoms with van der Waals surface area (Å²) in [4.78, 5) is 0. The molecule has 1 radical (unpaired) electrons. The molecule has 1 nitrogen and oxygen atoms in total. The Morgan fingerprint density at radius 3 is 1.88 bits per heavy atom. The summed E-state index contributed by atoms with van der Waals surface area (Å²) in [5, 5.41) is 0. The van der Waals surface area contributed by atoms with E-state index < -0.39 is 12.3 Å². The molecule has 0 saturated carbocycles. The SMILES string of the molecule is COC(C)(F)[C](F)F. The van der Waals surface area contributed by atoms with Gasteiger partial charge in [-0.05, 0) is 0 Å². The van der Waals surface area contributed by atoms with Gasteiger partial charge in [-0.25, -0.2) is 4.39 Å². The summed E-state index contributed by atoms with van der Waals surface area (Å²) < 4.78 is 38.1. The Bertz CT molecular complexity index is 71.7. The van der Waals surface area contributed by atoms with Crippen LogP contribution in [0.3, 0.4) is 0 Å². The van der Waals surface area contributed by atoms with E-state index in [1.165, 1.54) is 0 Å². The van der Waals surface area contributed by atoms with Crippen LogP contribution in [0.5, 0.6) is 0 Å². The lowest BCUT2D eigenvalue weighted by atomic mass is 10.4. The second kappa shape index (κ2) is 2.35. The Morgan fingerprint density at radius 2 is 1.88 bits per heavy atom. The molecule has 0 heterocycles. The largest absolute Gasteiger partial charge is 0.372 e. The molecule has 0 aliphatic rings. The normalized spacial score (nSPS) is 18.8. The maximum Gasteiger partial charge on any atom is 0.372 e. The highest BCUT2D eigenvalue weighted by Crippen LogP contribution is 2.26. The van der Waals surface area contributed by atoms with E-state index in [0.717, 1.165) is 7.11 Å². The fourth-order valence-electron chi connectivity index (χ4n) is 0.0772. The van der Waals surface area contributed by atoms with Gasteiger partial charge in [-0.3, -0.25) is 0 Å². The van der Waals surface area contributed by atoms with Gasteiger partial charge in [-0.1, -0.05) is 0 Å². The number of methoxy groups -OCH3 is 1. The molecule has 49 valence electrons. The maximum absolute atomic E-state index is 11.9. The van der Waals surface area contributed by atoms with Gasteiger partial charge in [0.05, 0.1) is 0 Å². The van der Waals surface area contributed by atoms with Crippen LogP contribution in [0.25, 0.3) is 0 Å². The van der Waals surface area contributed by atoms with Gasteiger partial charge in [0, 0.05) is 14.0 Å². The van der Waals surface area contributed by atoms with Crippen LogP contribution in [-0.2, 0) is 4.74 Å². The number of hydrogen-bond acceptors (Lipinski definition) is 1. The van der Waals surface area contributed by atoms with Crippen LogP contribution in [0.4, 0.5) is 13.2 Å². The van der Waals surface area contributed by atoms with E-state index in [-0.39, 0.29) is 0 Å². The second-order valence-electron chi connectivity index (χ2n) is 1.38. The van der Waals surface area contributed by atoms with E-state index in [2.05, 4.69) is 4.74 Å². The third kappa shape index (κ3) is 1.69. The van der Waals surface area contributed by atoms with Crippen molar-refractivity contribution in [2.24, 2.45) is 0 Å². The average molecular weight is 127 g/mol. The molecule has 8 heavy (non-hydrogen) atoms. The Morgan fingerprint density at radius 1 is 1.50 bits per heavy atom. The lowest BCUT2D eigenvalue weighted by Crippen LogP contribution is -2.24. The molecule has 0 aliphatic heterocycles. The average Bonchev–Trinajstić information content (AvgIpc) is 1.67. The fourth-order valence-corrected chi connectivity index (χ4v) is 0.0772. The minimum Gasteiger partial charge on any atom is -0.345 e. The third-order valence-corrected chi connectivity index (χ3v) is 0.721. The number of halogens is 3. The first-order valence-corrected chi connectivity index (χ1v) is 1.93. The standard InChI is InChI=1S/C4H6F3O/c1-4(7,8-2)3(5)6/h1-2H3. The fraction of sp³-hybridized carbons (Fsp3) is 0.750. The molecule has 0 aliphatic carbocycles. The van der Waals surface area contributed by atoms with E-state index in [4.69, 9.17) is 0 Å². The molecule has 0 amide bonds. The number of rotatable bonds is 2. The minimum absolute atomic E-state index is 0.641. The molecular formula is C4H6F3O. The predicted octanol–water partition coefficient (Wildman–Crippen LogP) is 1.75. The smallest absolute Gasteiger partial charge is 0.345 e. The topological polar surface area (TPSA) is 9.23 Å². The molecule has 4 heteroatoms. The van der Waals surface area contributed by atoms with Gasteiger partial charge in [0.15, 0.2) is 0 Å². The van der Waals surface area contributed by atoms with Crippen LogP contribution >= 0.6 is 0 Å². The van der Waals surface area contributed by atoms with Gasteiger partial charge in [-0.15, -0.1) is 0 Å². The van der Waals surface area contributed by atoms with Crippen LogP contribution in [-0.4, -0.2) is 13.0 Å². The predicted molar refractivity (Wildman–Crippen MR) is 22.0 cm³/mol. The summed E-state index contributed by atoms with van der Waals surface area (Å²) in [5.74, 6) is -2.88. The highest BCUT2D eigenvalue weighted by Gasteiger charge is 2.36. The highest BCUT2D eigenvalue weighted by molar-refractivity contribution is 4.78.